The van der Waals surface area contributed by atoms with Crippen molar-refractivity contribution in [2.45, 2.75) is 13.1 Å². The van der Waals surface area contributed by atoms with E-state index >= 15 is 0 Å². The summed E-state index contributed by atoms with van der Waals surface area (Å²) in [6, 6.07) is 9.62. The minimum atomic E-state index is -1.82. The fourth-order valence-corrected chi connectivity index (χ4v) is 1.73. The summed E-state index contributed by atoms with van der Waals surface area (Å²) in [7, 11) is 3.30. The van der Waals surface area contributed by atoms with Gasteiger partial charge in [-0.05, 0) is 18.2 Å². The Labute approximate surface area is 138 Å². The van der Waals surface area contributed by atoms with Crippen LogP contribution in [0.4, 0.5) is 0 Å². The van der Waals surface area contributed by atoms with Crippen LogP contribution in [-0.2, 0) is 22.7 Å². The molecular formula is C16H19NO7. The van der Waals surface area contributed by atoms with Gasteiger partial charge in [-0.25, -0.2) is 9.59 Å². The molecule has 0 aliphatic heterocycles. The van der Waals surface area contributed by atoms with Crippen LogP contribution in [0.1, 0.15) is 11.3 Å². The van der Waals surface area contributed by atoms with Crippen LogP contribution in [0.2, 0.25) is 0 Å². The van der Waals surface area contributed by atoms with Crippen molar-refractivity contribution in [2.75, 3.05) is 14.2 Å². The van der Waals surface area contributed by atoms with Crippen LogP contribution < -0.4 is 14.8 Å². The van der Waals surface area contributed by atoms with Crippen molar-refractivity contribution in [3.8, 4) is 11.5 Å². The van der Waals surface area contributed by atoms with E-state index in [2.05, 4.69) is 5.32 Å². The van der Waals surface area contributed by atoms with Gasteiger partial charge in [-0.2, -0.15) is 0 Å². The molecule has 0 aliphatic rings. The maximum atomic E-state index is 9.10. The van der Waals surface area contributed by atoms with Crippen molar-refractivity contribution in [2.24, 2.45) is 0 Å². The zero-order chi connectivity index (χ0) is 17.9. The minimum Gasteiger partial charge on any atom is -0.497 e. The fourth-order valence-electron chi connectivity index (χ4n) is 1.73. The molecule has 0 bridgehead atoms. The predicted molar refractivity (Wildman–Crippen MR) is 84.1 cm³/mol. The van der Waals surface area contributed by atoms with E-state index in [0.29, 0.717) is 13.1 Å². The minimum absolute atomic E-state index is 0.697. The van der Waals surface area contributed by atoms with Crippen LogP contribution in [0.5, 0.6) is 11.5 Å². The number of methoxy groups -OCH3 is 2. The van der Waals surface area contributed by atoms with Gasteiger partial charge in [0.15, 0.2) is 0 Å². The number of carboxylic acids is 2. The molecule has 0 fully saturated rings. The van der Waals surface area contributed by atoms with Crippen LogP contribution in [0.25, 0.3) is 0 Å². The van der Waals surface area contributed by atoms with Gasteiger partial charge in [0.05, 0.1) is 27.0 Å². The quantitative estimate of drug-likeness (QED) is 0.682. The van der Waals surface area contributed by atoms with E-state index in [1.807, 2.05) is 30.3 Å². The monoisotopic (exact) mass is 337 g/mol. The van der Waals surface area contributed by atoms with Gasteiger partial charge in [-0.1, -0.05) is 6.07 Å². The Morgan fingerprint density at radius 2 is 1.79 bits per heavy atom. The number of rotatable bonds is 6. The summed E-state index contributed by atoms with van der Waals surface area (Å²) in [5, 5.41) is 18.1. The van der Waals surface area contributed by atoms with Crippen molar-refractivity contribution >= 4 is 11.9 Å². The highest BCUT2D eigenvalue weighted by Gasteiger charge is 2.05. The summed E-state index contributed by atoms with van der Waals surface area (Å²) < 4.78 is 15.7. The Bertz CT molecular complexity index is 640. The number of hydrogen-bond donors (Lipinski definition) is 3. The standard InChI is InChI=1S/C14H17NO3.C2H2O4/c1-16-12-6-5-11(14(8-12)17-2)9-15-10-13-4-3-7-18-13;3-1(4)2(5)6/h3-8,15H,9-10H2,1-2H3;(H,3,4)(H,5,6). The molecule has 2 aromatic rings. The van der Waals surface area contributed by atoms with Crippen LogP contribution in [-0.4, -0.2) is 36.4 Å². The molecule has 0 spiro atoms. The molecule has 1 aromatic heterocycles. The highest BCUT2D eigenvalue weighted by atomic mass is 16.5. The number of hydrogen-bond acceptors (Lipinski definition) is 6. The lowest BCUT2D eigenvalue weighted by molar-refractivity contribution is -0.159. The van der Waals surface area contributed by atoms with Gasteiger partial charge < -0.3 is 29.4 Å². The Morgan fingerprint density at radius 3 is 2.29 bits per heavy atom. The van der Waals surface area contributed by atoms with Crippen molar-refractivity contribution in [3.63, 3.8) is 0 Å². The lowest BCUT2D eigenvalue weighted by Crippen LogP contribution is -2.12. The molecule has 0 unspecified atom stereocenters. The molecule has 24 heavy (non-hydrogen) atoms. The lowest BCUT2D eigenvalue weighted by atomic mass is 10.2. The molecular weight excluding hydrogens is 318 g/mol. The summed E-state index contributed by atoms with van der Waals surface area (Å²) in [6.45, 7) is 1.41. The zero-order valence-corrected chi connectivity index (χ0v) is 13.3. The number of furan rings is 1. The summed E-state index contributed by atoms with van der Waals surface area (Å²) >= 11 is 0. The first-order valence-corrected chi connectivity index (χ1v) is 6.88. The SMILES string of the molecule is COc1ccc(CNCc2ccco2)c(OC)c1.O=C(O)C(=O)O. The Morgan fingerprint density at radius 1 is 1.08 bits per heavy atom. The molecule has 0 saturated carbocycles. The predicted octanol–water partition coefficient (Wildman–Crippen LogP) is 1.74. The highest BCUT2D eigenvalue weighted by Crippen LogP contribution is 2.24. The zero-order valence-electron chi connectivity index (χ0n) is 13.3. The van der Waals surface area contributed by atoms with Crippen LogP contribution in [0, 0.1) is 0 Å². The topological polar surface area (TPSA) is 118 Å². The van der Waals surface area contributed by atoms with Crippen LogP contribution in [0.15, 0.2) is 41.0 Å². The molecule has 8 nitrogen and oxygen atoms in total. The molecule has 1 heterocycles. The Kier molecular flexibility index (Phi) is 7.86. The molecule has 0 amide bonds. The van der Waals surface area contributed by atoms with Gasteiger partial charge in [-0.15, -0.1) is 0 Å². The van der Waals surface area contributed by atoms with Gasteiger partial charge in [0.2, 0.25) is 0 Å². The number of nitrogens with one attached hydrogen (secondary N) is 1. The van der Waals surface area contributed by atoms with Crippen molar-refractivity contribution in [1.82, 2.24) is 5.32 Å². The van der Waals surface area contributed by atoms with Crippen molar-refractivity contribution in [3.05, 3.63) is 47.9 Å². The lowest BCUT2D eigenvalue weighted by Gasteiger charge is -2.10. The maximum absolute atomic E-state index is 9.10. The Hall–Kier alpha value is -3.00. The number of aliphatic carboxylic acids is 2. The molecule has 0 atom stereocenters. The molecule has 0 saturated heterocycles. The molecule has 0 aliphatic carbocycles. The Balaban J connectivity index is 0.000000413. The molecule has 3 N–H and O–H groups in total. The first-order valence-electron chi connectivity index (χ1n) is 6.88. The second-order valence-corrected chi connectivity index (χ2v) is 4.47. The van der Waals surface area contributed by atoms with E-state index in [1.54, 1.807) is 20.5 Å². The highest BCUT2D eigenvalue weighted by molar-refractivity contribution is 6.27. The number of ether oxygens (including phenoxy) is 2. The third kappa shape index (κ3) is 6.41. The first kappa shape index (κ1) is 19.0. The summed E-state index contributed by atoms with van der Waals surface area (Å²) in [4.78, 5) is 18.2. The smallest absolute Gasteiger partial charge is 0.414 e. The maximum Gasteiger partial charge on any atom is 0.414 e. The molecule has 2 rings (SSSR count). The molecule has 1 aromatic carbocycles. The van der Waals surface area contributed by atoms with Crippen molar-refractivity contribution < 1.29 is 33.7 Å². The van der Waals surface area contributed by atoms with E-state index in [-0.39, 0.29) is 0 Å². The molecule has 0 radical (unpaired) electrons. The second-order valence-electron chi connectivity index (χ2n) is 4.47. The van der Waals surface area contributed by atoms with Crippen LogP contribution in [0.3, 0.4) is 0 Å². The number of carbonyl (C=O) groups is 2. The summed E-state index contributed by atoms with van der Waals surface area (Å²) in [5.74, 6) is -1.12. The average molecular weight is 337 g/mol. The largest absolute Gasteiger partial charge is 0.497 e. The molecule has 8 heteroatoms. The van der Waals surface area contributed by atoms with E-state index < -0.39 is 11.9 Å². The van der Waals surface area contributed by atoms with E-state index in [0.717, 1.165) is 22.8 Å². The first-order chi connectivity index (χ1) is 11.5. The second kappa shape index (κ2) is 9.90. The normalized spacial score (nSPS) is 9.58. The van der Waals surface area contributed by atoms with Gasteiger partial charge in [0.25, 0.3) is 0 Å². The van der Waals surface area contributed by atoms with Crippen LogP contribution >= 0.6 is 0 Å². The number of carboxylic acid groups (broad SMARTS) is 2. The van der Waals surface area contributed by atoms with Crippen molar-refractivity contribution in [1.29, 1.82) is 0 Å². The third-order valence-corrected chi connectivity index (χ3v) is 2.87. The summed E-state index contributed by atoms with van der Waals surface area (Å²) in [5.41, 5.74) is 1.09. The average Bonchev–Trinajstić information content (AvgIpc) is 3.09. The molecule has 130 valence electrons. The number of benzene rings is 1. The van der Waals surface area contributed by atoms with E-state index in [9.17, 15) is 0 Å². The van der Waals surface area contributed by atoms with Gasteiger partial charge >= 0.3 is 11.9 Å². The fraction of sp³-hybridized carbons (Fsp3) is 0.250. The van der Waals surface area contributed by atoms with Gasteiger partial charge in [0, 0.05) is 18.2 Å². The van der Waals surface area contributed by atoms with E-state index in [4.69, 9.17) is 33.7 Å². The summed E-state index contributed by atoms with van der Waals surface area (Å²) in [6.07, 6.45) is 1.67. The van der Waals surface area contributed by atoms with Gasteiger partial charge in [0.1, 0.15) is 17.3 Å². The van der Waals surface area contributed by atoms with Gasteiger partial charge in [-0.3, -0.25) is 0 Å². The third-order valence-electron chi connectivity index (χ3n) is 2.87. The van der Waals surface area contributed by atoms with E-state index in [1.165, 1.54) is 0 Å².